The van der Waals surface area contributed by atoms with E-state index in [4.69, 9.17) is 0 Å². The van der Waals surface area contributed by atoms with E-state index in [0.717, 1.165) is 12.3 Å². The van der Waals surface area contributed by atoms with E-state index < -0.39 is 10.9 Å². The molecule has 6 nitrogen and oxygen atoms in total. The van der Waals surface area contributed by atoms with Gasteiger partial charge >= 0.3 is 0 Å². The van der Waals surface area contributed by atoms with Crippen molar-refractivity contribution in [1.29, 1.82) is 0 Å². The number of carbonyl (C=O) groups excluding carboxylic acids is 1. The minimum atomic E-state index is -1.46. The standard InChI is InChI=1S/C5H4N2O4/c8-5(9)4-1-3(2-6-4)7(10)11/h1-2,6H,(H,8,9)/p-1. The van der Waals surface area contributed by atoms with Gasteiger partial charge in [0.15, 0.2) is 0 Å². The summed E-state index contributed by atoms with van der Waals surface area (Å²) in [5.74, 6) is -1.46. The summed E-state index contributed by atoms with van der Waals surface area (Å²) in [5, 5.41) is 20.1. The van der Waals surface area contributed by atoms with E-state index in [9.17, 15) is 20.0 Å². The van der Waals surface area contributed by atoms with Gasteiger partial charge in [-0.15, -0.1) is 0 Å². The Morgan fingerprint density at radius 1 is 1.64 bits per heavy atom. The second-order valence-corrected chi connectivity index (χ2v) is 1.82. The Labute approximate surface area is 60.6 Å². The molecule has 11 heavy (non-hydrogen) atoms. The van der Waals surface area contributed by atoms with Gasteiger partial charge in [-0.2, -0.15) is 0 Å². The predicted molar refractivity (Wildman–Crippen MR) is 31.8 cm³/mol. The van der Waals surface area contributed by atoms with Crippen molar-refractivity contribution in [2.24, 2.45) is 0 Å². The minimum Gasteiger partial charge on any atom is -0.543 e. The molecule has 0 bridgehead atoms. The second kappa shape index (κ2) is 2.41. The lowest BCUT2D eigenvalue weighted by Crippen LogP contribution is -2.22. The van der Waals surface area contributed by atoms with Crippen molar-refractivity contribution in [3.63, 3.8) is 0 Å². The summed E-state index contributed by atoms with van der Waals surface area (Å²) < 4.78 is 0. The van der Waals surface area contributed by atoms with E-state index in [1.54, 1.807) is 0 Å². The molecule has 0 aromatic carbocycles. The fourth-order valence-corrected chi connectivity index (χ4v) is 0.606. The Morgan fingerprint density at radius 2 is 2.27 bits per heavy atom. The van der Waals surface area contributed by atoms with E-state index in [0.29, 0.717) is 0 Å². The van der Waals surface area contributed by atoms with Gasteiger partial charge in [-0.05, 0) is 0 Å². The lowest BCUT2D eigenvalue weighted by molar-refractivity contribution is -0.384. The first kappa shape index (κ1) is 7.26. The van der Waals surface area contributed by atoms with E-state index in [2.05, 4.69) is 4.98 Å². The van der Waals surface area contributed by atoms with E-state index >= 15 is 0 Å². The van der Waals surface area contributed by atoms with Gasteiger partial charge in [-0.25, -0.2) is 0 Å². The number of aromatic carboxylic acids is 1. The molecule has 0 aliphatic heterocycles. The fraction of sp³-hybridized carbons (Fsp3) is 0. The first-order valence-electron chi connectivity index (χ1n) is 2.65. The van der Waals surface area contributed by atoms with Crippen LogP contribution in [0.2, 0.25) is 0 Å². The molecule has 0 saturated heterocycles. The summed E-state index contributed by atoms with van der Waals surface area (Å²) in [4.78, 5) is 21.6. The Hall–Kier alpha value is -1.85. The Balaban J connectivity index is 2.99. The highest BCUT2D eigenvalue weighted by atomic mass is 16.6. The first-order chi connectivity index (χ1) is 5.11. The zero-order chi connectivity index (χ0) is 8.43. The van der Waals surface area contributed by atoms with Gasteiger partial charge < -0.3 is 14.9 Å². The van der Waals surface area contributed by atoms with E-state index in [1.165, 1.54) is 0 Å². The lowest BCUT2D eigenvalue weighted by Gasteiger charge is -1.92. The monoisotopic (exact) mass is 155 g/mol. The van der Waals surface area contributed by atoms with Gasteiger partial charge in [0.05, 0.1) is 22.8 Å². The summed E-state index contributed by atoms with van der Waals surface area (Å²) in [6, 6.07) is 0.898. The van der Waals surface area contributed by atoms with Crippen LogP contribution in [0, 0.1) is 10.1 Å². The zero-order valence-electron chi connectivity index (χ0n) is 5.23. The van der Waals surface area contributed by atoms with Crippen molar-refractivity contribution < 1.29 is 14.8 Å². The molecule has 0 unspecified atom stereocenters. The first-order valence-corrected chi connectivity index (χ1v) is 2.65. The fourth-order valence-electron chi connectivity index (χ4n) is 0.606. The molecule has 58 valence electrons. The molecule has 1 rings (SSSR count). The number of hydrogen-bond donors (Lipinski definition) is 1. The van der Waals surface area contributed by atoms with Crippen LogP contribution in [0.3, 0.4) is 0 Å². The third-order valence-electron chi connectivity index (χ3n) is 1.10. The normalized spacial score (nSPS) is 9.45. The number of nitrogens with one attached hydrogen (secondary N) is 1. The van der Waals surface area contributed by atoms with Gasteiger partial charge in [0.2, 0.25) is 0 Å². The maximum absolute atomic E-state index is 10.1. The van der Waals surface area contributed by atoms with Crippen molar-refractivity contribution in [2.75, 3.05) is 0 Å². The van der Waals surface area contributed by atoms with Crippen LogP contribution >= 0.6 is 0 Å². The molecule has 0 spiro atoms. The van der Waals surface area contributed by atoms with E-state index in [1.807, 2.05) is 0 Å². The van der Waals surface area contributed by atoms with Crippen molar-refractivity contribution >= 4 is 11.7 Å². The molecule has 1 heterocycles. The van der Waals surface area contributed by atoms with Crippen molar-refractivity contribution in [3.05, 3.63) is 28.1 Å². The molecule has 0 aliphatic carbocycles. The summed E-state index contributed by atoms with van der Waals surface area (Å²) in [5.41, 5.74) is -0.582. The quantitative estimate of drug-likeness (QED) is 0.450. The highest BCUT2D eigenvalue weighted by Crippen LogP contribution is 2.10. The summed E-state index contributed by atoms with van der Waals surface area (Å²) >= 11 is 0. The van der Waals surface area contributed by atoms with Crippen LogP contribution in [0.1, 0.15) is 10.5 Å². The SMILES string of the molecule is O=C([O-])c1cc([N+](=O)[O-])c[nH]1. The molecular formula is C5H3N2O4-. The van der Waals surface area contributed by atoms with Crippen LogP contribution in [0.4, 0.5) is 5.69 Å². The zero-order valence-corrected chi connectivity index (χ0v) is 5.23. The van der Waals surface area contributed by atoms with Gasteiger partial charge in [0, 0.05) is 6.07 Å². The lowest BCUT2D eigenvalue weighted by atomic mass is 10.4. The summed E-state index contributed by atoms with van der Waals surface area (Å²) in [7, 11) is 0. The molecule has 0 saturated carbocycles. The number of carboxylic acid groups (broad SMARTS) is 1. The molecule has 0 radical (unpaired) electrons. The molecular weight excluding hydrogens is 152 g/mol. The Bertz CT molecular complexity index is 275. The van der Waals surface area contributed by atoms with Crippen LogP contribution in [0.15, 0.2) is 12.3 Å². The maximum Gasteiger partial charge on any atom is 0.287 e. The average Bonchev–Trinajstić information content (AvgIpc) is 2.33. The van der Waals surface area contributed by atoms with Crippen LogP contribution in [-0.2, 0) is 0 Å². The van der Waals surface area contributed by atoms with Crippen LogP contribution in [-0.4, -0.2) is 15.9 Å². The summed E-state index contributed by atoms with van der Waals surface area (Å²) in [6.45, 7) is 0. The number of nitrogens with zero attached hydrogens (tertiary/aromatic N) is 1. The summed E-state index contributed by atoms with van der Waals surface area (Å²) in [6.07, 6.45) is 0.991. The van der Waals surface area contributed by atoms with Crippen molar-refractivity contribution in [2.45, 2.75) is 0 Å². The van der Waals surface area contributed by atoms with Crippen LogP contribution in [0.25, 0.3) is 0 Å². The van der Waals surface area contributed by atoms with Crippen LogP contribution < -0.4 is 5.11 Å². The average molecular weight is 155 g/mol. The number of aromatic amines is 1. The van der Waals surface area contributed by atoms with Crippen LogP contribution in [0.5, 0.6) is 0 Å². The molecule has 0 amide bonds. The number of nitro groups is 1. The van der Waals surface area contributed by atoms with Gasteiger partial charge in [0.25, 0.3) is 5.69 Å². The van der Waals surface area contributed by atoms with Crippen molar-refractivity contribution in [3.8, 4) is 0 Å². The number of carbonyl (C=O) groups is 1. The van der Waals surface area contributed by atoms with E-state index in [-0.39, 0.29) is 11.4 Å². The molecule has 1 aromatic rings. The molecule has 0 fully saturated rings. The topological polar surface area (TPSA) is 99.1 Å². The molecule has 0 atom stereocenters. The van der Waals surface area contributed by atoms with Gasteiger partial charge in [0.1, 0.15) is 0 Å². The molecule has 6 heteroatoms. The highest BCUT2D eigenvalue weighted by Gasteiger charge is 2.07. The highest BCUT2D eigenvalue weighted by molar-refractivity contribution is 5.84. The smallest absolute Gasteiger partial charge is 0.287 e. The second-order valence-electron chi connectivity index (χ2n) is 1.82. The third kappa shape index (κ3) is 1.34. The number of rotatable bonds is 2. The predicted octanol–water partition coefficient (Wildman–Crippen LogP) is -0.714. The number of aromatic nitrogens is 1. The van der Waals surface area contributed by atoms with Gasteiger partial charge in [-0.3, -0.25) is 10.1 Å². The molecule has 0 aliphatic rings. The largest absolute Gasteiger partial charge is 0.543 e. The Kier molecular flexibility index (Phi) is 1.59. The Morgan fingerprint density at radius 3 is 2.55 bits per heavy atom. The van der Waals surface area contributed by atoms with Gasteiger partial charge in [-0.1, -0.05) is 0 Å². The third-order valence-corrected chi connectivity index (χ3v) is 1.10. The number of hydrogen-bond acceptors (Lipinski definition) is 4. The van der Waals surface area contributed by atoms with Crippen molar-refractivity contribution in [1.82, 2.24) is 4.98 Å². The number of carboxylic acids is 1. The molecule has 1 aromatic heterocycles. The minimum absolute atomic E-state index is 0.288. The molecule has 1 N–H and O–H groups in total. The number of H-pyrrole nitrogens is 1. The maximum atomic E-state index is 10.1.